The van der Waals surface area contributed by atoms with Gasteiger partial charge in [-0.25, -0.2) is 0 Å². The monoisotopic (exact) mass is 284 g/mol. The summed E-state index contributed by atoms with van der Waals surface area (Å²) in [6.45, 7) is 5.92. The number of para-hydroxylation sites is 1. The number of thiocarbonyl (C=S) groups is 1. The summed E-state index contributed by atoms with van der Waals surface area (Å²) in [6, 6.07) is 13.6. The smallest absolute Gasteiger partial charge is 0.189 e. The first-order valence-corrected chi connectivity index (χ1v) is 6.56. The maximum absolute atomic E-state index is 5.22. The van der Waals surface area contributed by atoms with Gasteiger partial charge in [0.1, 0.15) is 0 Å². The maximum Gasteiger partial charge on any atom is 0.189 e. The molecule has 0 aliphatic carbocycles. The number of benzene rings is 1. The summed E-state index contributed by atoms with van der Waals surface area (Å²) in [5, 5.41) is 3.58. The fourth-order valence-corrected chi connectivity index (χ4v) is 1.77. The van der Waals surface area contributed by atoms with E-state index in [2.05, 4.69) is 27.7 Å². The molecule has 1 heterocycles. The highest BCUT2D eigenvalue weighted by Gasteiger charge is 2.02. The lowest BCUT2D eigenvalue weighted by atomic mass is 10.2. The standard InChI is InChI=1S/C15H16N4S/c1-11-7-3-4-8-13(11)17-15(20)19-18-12(2)14-9-5-6-10-16-14/h3-10,18H,2H2,1H3,(H2,17,19,20). The molecule has 2 aromatic rings. The lowest BCUT2D eigenvalue weighted by molar-refractivity contribution is 0.845. The van der Waals surface area contributed by atoms with Gasteiger partial charge in [-0.1, -0.05) is 30.8 Å². The molecular formula is C15H16N4S. The van der Waals surface area contributed by atoms with E-state index < -0.39 is 0 Å². The molecule has 0 bridgehead atoms. The Morgan fingerprint density at radius 1 is 1.10 bits per heavy atom. The van der Waals surface area contributed by atoms with E-state index in [0.717, 1.165) is 16.9 Å². The maximum atomic E-state index is 5.22. The molecule has 0 saturated carbocycles. The lowest BCUT2D eigenvalue weighted by Gasteiger charge is -2.14. The van der Waals surface area contributed by atoms with Gasteiger partial charge >= 0.3 is 0 Å². The van der Waals surface area contributed by atoms with Gasteiger partial charge in [-0.3, -0.25) is 15.8 Å². The Morgan fingerprint density at radius 2 is 1.85 bits per heavy atom. The highest BCUT2D eigenvalue weighted by Crippen LogP contribution is 2.12. The number of hydrogen-bond acceptors (Lipinski definition) is 3. The van der Waals surface area contributed by atoms with Crippen LogP contribution < -0.4 is 16.2 Å². The number of hydrazine groups is 1. The highest BCUT2D eigenvalue weighted by atomic mass is 32.1. The quantitative estimate of drug-likeness (QED) is 0.595. The van der Waals surface area contributed by atoms with E-state index >= 15 is 0 Å². The SMILES string of the molecule is C=C(NNC(=S)Nc1ccccc1C)c1ccccn1. The number of aromatic nitrogens is 1. The van der Waals surface area contributed by atoms with E-state index in [4.69, 9.17) is 12.2 Å². The van der Waals surface area contributed by atoms with Crippen molar-refractivity contribution in [2.24, 2.45) is 0 Å². The largest absolute Gasteiger partial charge is 0.331 e. The Labute approximate surface area is 123 Å². The molecule has 0 aliphatic heterocycles. The van der Waals surface area contributed by atoms with Crippen molar-refractivity contribution in [3.05, 3.63) is 66.5 Å². The van der Waals surface area contributed by atoms with Gasteiger partial charge in [0.2, 0.25) is 0 Å². The molecule has 102 valence electrons. The fraction of sp³-hybridized carbons (Fsp3) is 0.0667. The van der Waals surface area contributed by atoms with Crippen molar-refractivity contribution in [3.63, 3.8) is 0 Å². The van der Waals surface area contributed by atoms with Crippen LogP contribution in [0.5, 0.6) is 0 Å². The number of pyridine rings is 1. The molecule has 0 fully saturated rings. The molecule has 1 aromatic carbocycles. The minimum absolute atomic E-state index is 0.469. The van der Waals surface area contributed by atoms with Crippen molar-refractivity contribution in [1.82, 2.24) is 15.8 Å². The van der Waals surface area contributed by atoms with E-state index in [9.17, 15) is 0 Å². The van der Waals surface area contributed by atoms with Crippen LogP contribution in [0.25, 0.3) is 5.70 Å². The van der Waals surface area contributed by atoms with E-state index in [1.807, 2.05) is 49.4 Å². The van der Waals surface area contributed by atoms with Crippen LogP contribution in [0.4, 0.5) is 5.69 Å². The molecular weight excluding hydrogens is 268 g/mol. The van der Waals surface area contributed by atoms with Crippen LogP contribution in [0.1, 0.15) is 11.3 Å². The first-order chi connectivity index (χ1) is 9.66. The topological polar surface area (TPSA) is 49.0 Å². The number of anilines is 1. The summed E-state index contributed by atoms with van der Waals surface area (Å²) >= 11 is 5.22. The van der Waals surface area contributed by atoms with Crippen molar-refractivity contribution >= 4 is 28.7 Å². The number of aryl methyl sites for hydroxylation is 1. The summed E-state index contributed by atoms with van der Waals surface area (Å²) in [7, 11) is 0. The summed E-state index contributed by atoms with van der Waals surface area (Å²) in [6.07, 6.45) is 1.71. The zero-order valence-electron chi connectivity index (χ0n) is 11.2. The van der Waals surface area contributed by atoms with E-state index in [1.54, 1.807) is 6.20 Å². The van der Waals surface area contributed by atoms with Crippen LogP contribution in [0.2, 0.25) is 0 Å². The van der Waals surface area contributed by atoms with Crippen LogP contribution in [0.15, 0.2) is 55.2 Å². The third kappa shape index (κ3) is 3.80. The van der Waals surface area contributed by atoms with Crippen LogP contribution >= 0.6 is 12.2 Å². The highest BCUT2D eigenvalue weighted by molar-refractivity contribution is 7.80. The molecule has 4 nitrogen and oxygen atoms in total. The van der Waals surface area contributed by atoms with Crippen LogP contribution in [0, 0.1) is 6.92 Å². The number of nitrogens with one attached hydrogen (secondary N) is 3. The molecule has 3 N–H and O–H groups in total. The minimum atomic E-state index is 0.469. The fourth-order valence-electron chi connectivity index (χ4n) is 1.60. The Hall–Kier alpha value is -2.40. The summed E-state index contributed by atoms with van der Waals surface area (Å²) in [5.74, 6) is 0. The average molecular weight is 284 g/mol. The van der Waals surface area contributed by atoms with E-state index in [1.165, 1.54) is 0 Å². The Kier molecular flexibility index (Phi) is 4.68. The van der Waals surface area contributed by atoms with Gasteiger partial charge in [-0.2, -0.15) is 0 Å². The predicted molar refractivity (Wildman–Crippen MR) is 86.9 cm³/mol. The summed E-state index contributed by atoms with van der Waals surface area (Å²) in [5.41, 5.74) is 9.32. The zero-order chi connectivity index (χ0) is 14.4. The lowest BCUT2D eigenvalue weighted by Crippen LogP contribution is -2.39. The van der Waals surface area contributed by atoms with Crippen LogP contribution in [-0.2, 0) is 0 Å². The molecule has 0 atom stereocenters. The summed E-state index contributed by atoms with van der Waals surface area (Å²) < 4.78 is 0. The van der Waals surface area contributed by atoms with Gasteiger partial charge in [-0.15, -0.1) is 0 Å². The van der Waals surface area contributed by atoms with Crippen molar-refractivity contribution in [3.8, 4) is 0 Å². The van der Waals surface area contributed by atoms with Gasteiger partial charge in [-0.05, 0) is 42.9 Å². The second-order valence-electron chi connectivity index (χ2n) is 4.21. The molecule has 5 heteroatoms. The molecule has 0 saturated heterocycles. The summed E-state index contributed by atoms with van der Waals surface area (Å²) in [4.78, 5) is 4.19. The molecule has 20 heavy (non-hydrogen) atoms. The molecule has 2 rings (SSSR count). The molecule has 1 aromatic heterocycles. The first kappa shape index (κ1) is 14.0. The van der Waals surface area contributed by atoms with Gasteiger partial charge in [0, 0.05) is 11.9 Å². The van der Waals surface area contributed by atoms with Gasteiger partial charge < -0.3 is 5.32 Å². The van der Waals surface area contributed by atoms with Gasteiger partial charge in [0.05, 0.1) is 11.4 Å². The van der Waals surface area contributed by atoms with Crippen LogP contribution in [0.3, 0.4) is 0 Å². The van der Waals surface area contributed by atoms with Gasteiger partial charge in [0.15, 0.2) is 5.11 Å². The molecule has 0 aliphatic rings. The minimum Gasteiger partial charge on any atom is -0.331 e. The Morgan fingerprint density at radius 3 is 2.55 bits per heavy atom. The van der Waals surface area contributed by atoms with E-state index in [-0.39, 0.29) is 0 Å². The first-order valence-electron chi connectivity index (χ1n) is 6.16. The van der Waals surface area contributed by atoms with Crippen molar-refractivity contribution in [2.45, 2.75) is 6.92 Å². The third-order valence-corrected chi connectivity index (χ3v) is 2.90. The normalized spacial score (nSPS) is 9.65. The second-order valence-corrected chi connectivity index (χ2v) is 4.62. The van der Waals surface area contributed by atoms with Crippen molar-refractivity contribution in [2.75, 3.05) is 5.32 Å². The number of hydrogen-bond donors (Lipinski definition) is 3. The average Bonchev–Trinajstić information content (AvgIpc) is 2.48. The molecule has 0 amide bonds. The zero-order valence-corrected chi connectivity index (χ0v) is 12.0. The van der Waals surface area contributed by atoms with Crippen molar-refractivity contribution in [1.29, 1.82) is 0 Å². The Balaban J connectivity index is 1.87. The number of nitrogens with zero attached hydrogens (tertiary/aromatic N) is 1. The van der Waals surface area contributed by atoms with Crippen molar-refractivity contribution < 1.29 is 0 Å². The third-order valence-electron chi connectivity index (χ3n) is 2.69. The molecule has 0 spiro atoms. The van der Waals surface area contributed by atoms with Gasteiger partial charge in [0.25, 0.3) is 0 Å². The number of rotatable bonds is 4. The molecule has 0 radical (unpaired) electrons. The molecule has 0 unspecified atom stereocenters. The second kappa shape index (κ2) is 6.68. The predicted octanol–water partition coefficient (Wildman–Crippen LogP) is 2.85. The Bertz CT molecular complexity index is 610. The van der Waals surface area contributed by atoms with E-state index in [0.29, 0.717) is 10.8 Å². The van der Waals surface area contributed by atoms with Crippen LogP contribution in [-0.4, -0.2) is 10.1 Å².